The molecule has 1 N–H and O–H groups in total. The van der Waals surface area contributed by atoms with Gasteiger partial charge in [0.2, 0.25) is 0 Å². The molecule has 2 aliphatic rings. The molecule has 0 saturated carbocycles. The number of para-hydroxylation sites is 1. The van der Waals surface area contributed by atoms with Gasteiger partial charge < -0.3 is 14.8 Å². The first-order chi connectivity index (χ1) is 24.1. The molecule has 0 amide bonds. The molecule has 0 bridgehead atoms. The summed E-state index contributed by atoms with van der Waals surface area (Å²) in [4.78, 5) is 18.1. The first-order valence-electron chi connectivity index (χ1n) is 16.4. The highest BCUT2D eigenvalue weighted by Crippen LogP contribution is 2.43. The maximum absolute atomic E-state index is 14.5. The molecule has 2 atom stereocenters. The van der Waals surface area contributed by atoms with Gasteiger partial charge in [-0.15, -0.1) is 0 Å². The molecule has 0 saturated heterocycles. The molecule has 2 unspecified atom stereocenters. The molecule has 3 heterocycles. The predicted molar refractivity (Wildman–Crippen MR) is 201 cm³/mol. The fourth-order valence-corrected chi connectivity index (χ4v) is 8.49. The van der Waals surface area contributed by atoms with Gasteiger partial charge in [-0.2, -0.15) is 0 Å². The van der Waals surface area contributed by atoms with Gasteiger partial charge in [-0.25, -0.2) is 4.21 Å². The lowest BCUT2D eigenvalue weighted by Gasteiger charge is -2.33. The molecule has 6 heteroatoms. The number of hydrogen-bond acceptors (Lipinski definition) is 4. The molecule has 5 nitrogen and oxygen atoms in total. The largest absolute Gasteiger partial charge is 0.383 e. The highest BCUT2D eigenvalue weighted by atomic mass is 32.2. The minimum atomic E-state index is -1.40. The first-order valence-corrected chi connectivity index (χ1v) is 17.5. The lowest BCUT2D eigenvalue weighted by Crippen LogP contribution is -2.33. The number of rotatable bonds is 5. The topological polar surface area (TPSA) is 54.3 Å². The number of pyridine rings is 1. The molecule has 0 radical (unpaired) electrons. The Hall–Kier alpha value is -5.98. The highest BCUT2D eigenvalue weighted by molar-refractivity contribution is 7.94. The van der Waals surface area contributed by atoms with Gasteiger partial charge in [-0.1, -0.05) is 97.1 Å². The Morgan fingerprint density at radius 2 is 1.16 bits per heavy atom. The zero-order chi connectivity index (χ0) is 33.1. The molecule has 0 aliphatic carbocycles. The molecule has 2 aliphatic heterocycles. The van der Waals surface area contributed by atoms with E-state index in [1.165, 1.54) is 0 Å². The third-order valence-corrected chi connectivity index (χ3v) is 11.0. The SMILES string of the molecule is CC1NC=C2c3c1c(=O)c1cc(N(c4ccc(-c5ccccc5)cc4)c4ccc(-c5ccccc5)cc4)ccc1n3-c1ccccc1S2=O. The average Bonchev–Trinajstić information content (AvgIpc) is 3.16. The van der Waals surface area contributed by atoms with Crippen LogP contribution >= 0.6 is 0 Å². The van der Waals surface area contributed by atoms with Gasteiger partial charge >= 0.3 is 0 Å². The van der Waals surface area contributed by atoms with E-state index in [2.05, 4.69) is 118 Å². The summed E-state index contributed by atoms with van der Waals surface area (Å²) in [5.41, 5.74) is 10.3. The van der Waals surface area contributed by atoms with E-state index in [0.29, 0.717) is 15.9 Å². The highest BCUT2D eigenvalue weighted by Gasteiger charge is 2.35. The predicted octanol–water partition coefficient (Wildman–Crippen LogP) is 9.88. The van der Waals surface area contributed by atoms with Gasteiger partial charge in [0, 0.05) is 34.2 Å². The monoisotopic (exact) mass is 653 g/mol. The van der Waals surface area contributed by atoms with Gasteiger partial charge in [-0.3, -0.25) is 4.79 Å². The number of benzene rings is 6. The second kappa shape index (κ2) is 11.6. The maximum Gasteiger partial charge on any atom is 0.195 e. The molecule has 6 aromatic carbocycles. The quantitative estimate of drug-likeness (QED) is 0.201. The third-order valence-electron chi connectivity index (χ3n) is 9.55. The van der Waals surface area contributed by atoms with E-state index in [1.54, 1.807) is 0 Å². The smallest absolute Gasteiger partial charge is 0.195 e. The Labute approximate surface area is 286 Å². The van der Waals surface area contributed by atoms with E-state index in [4.69, 9.17) is 0 Å². The number of nitrogens with zero attached hydrogens (tertiary/aromatic N) is 2. The first kappa shape index (κ1) is 29.2. The van der Waals surface area contributed by atoms with Crippen molar-refractivity contribution >= 4 is 43.7 Å². The van der Waals surface area contributed by atoms with Crippen LogP contribution in [0.4, 0.5) is 17.1 Å². The molecule has 0 fully saturated rings. The van der Waals surface area contributed by atoms with Crippen molar-refractivity contribution in [1.82, 2.24) is 9.88 Å². The number of hydrogen-bond donors (Lipinski definition) is 1. The van der Waals surface area contributed by atoms with Gasteiger partial charge in [0.05, 0.1) is 43.5 Å². The Kier molecular flexibility index (Phi) is 6.92. The van der Waals surface area contributed by atoms with Gasteiger partial charge in [-0.05, 0) is 83.8 Å². The second-order valence-electron chi connectivity index (χ2n) is 12.4. The van der Waals surface area contributed by atoms with E-state index >= 15 is 0 Å². The summed E-state index contributed by atoms with van der Waals surface area (Å²) >= 11 is 0. The van der Waals surface area contributed by atoms with Crippen LogP contribution in [0.25, 0.3) is 43.7 Å². The van der Waals surface area contributed by atoms with Crippen molar-refractivity contribution in [3.8, 4) is 27.9 Å². The van der Waals surface area contributed by atoms with E-state index < -0.39 is 10.8 Å². The summed E-state index contributed by atoms with van der Waals surface area (Å²) in [5.74, 6) is 0. The molecule has 1 aromatic heterocycles. The Morgan fingerprint density at radius 3 is 1.78 bits per heavy atom. The van der Waals surface area contributed by atoms with Crippen LogP contribution < -0.4 is 15.6 Å². The summed E-state index contributed by atoms with van der Waals surface area (Å²) in [5, 5.41) is 3.93. The Bertz CT molecular complexity index is 2420. The van der Waals surface area contributed by atoms with E-state index in [0.717, 1.165) is 61.1 Å². The van der Waals surface area contributed by atoms with Crippen LogP contribution in [0.3, 0.4) is 0 Å². The fraction of sp³-hybridized carbons (Fsp3) is 0.0465. The van der Waals surface area contributed by atoms with Crippen molar-refractivity contribution in [2.24, 2.45) is 0 Å². The van der Waals surface area contributed by atoms with Crippen molar-refractivity contribution in [2.45, 2.75) is 17.9 Å². The summed E-state index contributed by atoms with van der Waals surface area (Å²) < 4.78 is 15.8. The van der Waals surface area contributed by atoms with Crippen LogP contribution in [-0.4, -0.2) is 8.78 Å². The number of aromatic nitrogens is 1. The van der Waals surface area contributed by atoms with Crippen LogP contribution in [0.1, 0.15) is 24.2 Å². The standard InChI is InChI=1S/C43H31N3O2S/c1-28-41-42-40(27-44-28)49(48)39-15-9-8-14-38(39)46(42)37-25-24-35(26-36(37)43(41)47)45(33-20-16-31(17-21-33)29-10-4-2-5-11-29)34-22-18-32(19-23-34)30-12-6-3-7-13-30/h2-28,44H,1H3. The third kappa shape index (κ3) is 4.75. The molecular weight excluding hydrogens is 623 g/mol. The molecule has 49 heavy (non-hydrogen) atoms. The summed E-state index contributed by atoms with van der Waals surface area (Å²) in [6.07, 6.45) is 1.81. The van der Waals surface area contributed by atoms with Gasteiger partial charge in [0.25, 0.3) is 0 Å². The molecule has 236 valence electrons. The number of nitrogens with one attached hydrogen (secondary N) is 1. The van der Waals surface area contributed by atoms with Gasteiger partial charge in [0.15, 0.2) is 5.43 Å². The van der Waals surface area contributed by atoms with E-state index in [-0.39, 0.29) is 11.5 Å². The average molecular weight is 654 g/mol. The Morgan fingerprint density at radius 1 is 0.633 bits per heavy atom. The van der Waals surface area contributed by atoms with Crippen LogP contribution in [0.5, 0.6) is 0 Å². The van der Waals surface area contributed by atoms with Crippen molar-refractivity contribution < 1.29 is 4.21 Å². The van der Waals surface area contributed by atoms with Crippen LogP contribution in [0, 0.1) is 0 Å². The summed E-state index contributed by atoms with van der Waals surface area (Å²) in [6.45, 7) is 1.98. The zero-order valence-corrected chi connectivity index (χ0v) is 27.5. The van der Waals surface area contributed by atoms with Crippen LogP contribution in [-0.2, 0) is 10.8 Å². The van der Waals surface area contributed by atoms with Crippen molar-refractivity contribution in [1.29, 1.82) is 0 Å². The minimum Gasteiger partial charge on any atom is -0.383 e. The van der Waals surface area contributed by atoms with Gasteiger partial charge in [0.1, 0.15) is 0 Å². The number of fused-ring (bicyclic) bond motifs is 4. The minimum absolute atomic E-state index is 0.0520. The Balaban J connectivity index is 1.25. The van der Waals surface area contributed by atoms with Crippen molar-refractivity contribution in [2.75, 3.05) is 4.90 Å². The van der Waals surface area contributed by atoms with Crippen LogP contribution in [0.15, 0.2) is 168 Å². The van der Waals surface area contributed by atoms with E-state index in [1.807, 2.05) is 61.7 Å². The molecule has 0 spiro atoms. The number of anilines is 3. The molecule has 9 rings (SSSR count). The van der Waals surface area contributed by atoms with Crippen LogP contribution in [0.2, 0.25) is 0 Å². The maximum atomic E-state index is 14.5. The lowest BCUT2D eigenvalue weighted by atomic mass is 9.98. The molecule has 7 aromatic rings. The lowest BCUT2D eigenvalue weighted by molar-refractivity contribution is 0.658. The van der Waals surface area contributed by atoms with Crippen molar-refractivity contribution in [3.05, 3.63) is 179 Å². The van der Waals surface area contributed by atoms with Crippen molar-refractivity contribution in [3.63, 3.8) is 0 Å². The molecular formula is C43H31N3O2S. The normalized spacial score (nSPS) is 15.9. The summed E-state index contributed by atoms with van der Waals surface area (Å²) in [6, 6.07) is 51.5. The fourth-order valence-electron chi connectivity index (χ4n) is 7.15. The second-order valence-corrected chi connectivity index (χ2v) is 13.8. The zero-order valence-electron chi connectivity index (χ0n) is 26.7. The van der Waals surface area contributed by atoms with E-state index in [9.17, 15) is 9.00 Å². The summed E-state index contributed by atoms with van der Waals surface area (Å²) in [7, 11) is -1.40.